The van der Waals surface area contributed by atoms with E-state index < -0.39 is 5.66 Å². The zero-order valence-corrected chi connectivity index (χ0v) is 19.6. The predicted octanol–water partition coefficient (Wildman–Crippen LogP) is 2.04. The van der Waals surface area contributed by atoms with Gasteiger partial charge in [0.25, 0.3) is 0 Å². The summed E-state index contributed by atoms with van der Waals surface area (Å²) < 4.78 is 0. The van der Waals surface area contributed by atoms with Crippen LogP contribution in [0, 0.1) is 0 Å². The molecule has 1 saturated heterocycles. The summed E-state index contributed by atoms with van der Waals surface area (Å²) in [6, 6.07) is 19.0. The molecule has 2 aliphatic heterocycles. The third kappa shape index (κ3) is 4.89. The average Bonchev–Trinajstić information content (AvgIpc) is 2.80. The Kier molecular flexibility index (Phi) is 6.39. The standard InChI is InChI=1S/C25H35N7/c1-29(2)22-12-8-11-21(17-22)25(26)18-23(30(3)4)27-24(28-25)32-15-13-31(14-16-32)19-20-9-6-5-7-10-20/h5-12,17-18H,13-16,19,26H2,1-4H3,(H,27,28). The van der Waals surface area contributed by atoms with Gasteiger partial charge in [0, 0.05) is 78.2 Å². The first-order chi connectivity index (χ1) is 15.3. The molecular weight excluding hydrogens is 398 g/mol. The summed E-state index contributed by atoms with van der Waals surface area (Å²) in [5, 5.41) is 3.50. The normalized spacial score (nSPS) is 21.5. The number of nitrogens with one attached hydrogen (secondary N) is 1. The maximum Gasteiger partial charge on any atom is 0.202 e. The molecule has 32 heavy (non-hydrogen) atoms. The summed E-state index contributed by atoms with van der Waals surface area (Å²) in [5.74, 6) is 1.80. The molecule has 0 spiro atoms. The second kappa shape index (κ2) is 9.22. The molecule has 170 valence electrons. The average molecular weight is 434 g/mol. The van der Waals surface area contributed by atoms with E-state index in [0.717, 1.165) is 55.8 Å². The highest BCUT2D eigenvalue weighted by molar-refractivity contribution is 5.83. The number of piperazine rings is 1. The first-order valence-corrected chi connectivity index (χ1v) is 11.2. The number of anilines is 1. The summed E-state index contributed by atoms with van der Waals surface area (Å²) in [7, 11) is 8.12. The van der Waals surface area contributed by atoms with Crippen molar-refractivity contribution >= 4 is 11.6 Å². The van der Waals surface area contributed by atoms with Crippen LogP contribution in [0.3, 0.4) is 0 Å². The Morgan fingerprint density at radius 3 is 2.31 bits per heavy atom. The lowest BCUT2D eigenvalue weighted by Crippen LogP contribution is -2.56. The SMILES string of the molecule is CN(C)C1=CC(N)(c2cccc(N(C)C)c2)N=C(N2CCN(Cc3ccccc3)CC2)N1. The predicted molar refractivity (Wildman–Crippen MR) is 132 cm³/mol. The minimum absolute atomic E-state index is 0.841. The largest absolute Gasteiger partial charge is 0.378 e. The molecule has 4 rings (SSSR count). The Morgan fingerprint density at radius 1 is 0.938 bits per heavy atom. The molecular formula is C25H35N7. The van der Waals surface area contributed by atoms with E-state index in [1.807, 2.05) is 40.3 Å². The van der Waals surface area contributed by atoms with Crippen LogP contribution in [-0.4, -0.2) is 75.0 Å². The number of rotatable bonds is 5. The molecule has 2 aliphatic rings. The van der Waals surface area contributed by atoms with E-state index in [-0.39, 0.29) is 0 Å². The Morgan fingerprint density at radius 2 is 1.66 bits per heavy atom. The maximum atomic E-state index is 6.92. The fraction of sp³-hybridized carbons (Fsp3) is 0.400. The van der Waals surface area contributed by atoms with Gasteiger partial charge < -0.3 is 20.0 Å². The van der Waals surface area contributed by atoms with Gasteiger partial charge in [-0.15, -0.1) is 0 Å². The minimum Gasteiger partial charge on any atom is -0.378 e. The molecule has 1 atom stereocenters. The Balaban J connectivity index is 1.53. The van der Waals surface area contributed by atoms with E-state index in [1.54, 1.807) is 0 Å². The zero-order chi connectivity index (χ0) is 22.7. The van der Waals surface area contributed by atoms with Gasteiger partial charge in [0.05, 0.1) is 0 Å². The van der Waals surface area contributed by atoms with Gasteiger partial charge in [0.15, 0.2) is 5.66 Å². The van der Waals surface area contributed by atoms with E-state index in [9.17, 15) is 0 Å². The monoisotopic (exact) mass is 433 g/mol. The van der Waals surface area contributed by atoms with E-state index in [4.69, 9.17) is 10.7 Å². The smallest absolute Gasteiger partial charge is 0.202 e. The van der Waals surface area contributed by atoms with Crippen molar-refractivity contribution in [1.29, 1.82) is 0 Å². The summed E-state index contributed by atoms with van der Waals surface area (Å²) in [5.41, 5.74) is 9.43. The number of nitrogens with zero attached hydrogens (tertiary/aromatic N) is 5. The number of hydrogen-bond donors (Lipinski definition) is 2. The van der Waals surface area contributed by atoms with Crippen molar-refractivity contribution in [2.24, 2.45) is 10.7 Å². The lowest BCUT2D eigenvalue weighted by molar-refractivity contribution is 0.171. The van der Waals surface area contributed by atoms with E-state index in [0.29, 0.717) is 0 Å². The van der Waals surface area contributed by atoms with Crippen molar-refractivity contribution in [3.63, 3.8) is 0 Å². The van der Waals surface area contributed by atoms with Crippen molar-refractivity contribution in [2.75, 3.05) is 59.3 Å². The van der Waals surface area contributed by atoms with Crippen molar-refractivity contribution < 1.29 is 0 Å². The molecule has 7 heteroatoms. The third-order valence-corrected chi connectivity index (χ3v) is 6.12. The van der Waals surface area contributed by atoms with Gasteiger partial charge in [0.2, 0.25) is 5.96 Å². The first kappa shape index (κ1) is 22.2. The minimum atomic E-state index is -0.923. The fourth-order valence-corrected chi connectivity index (χ4v) is 4.13. The summed E-state index contributed by atoms with van der Waals surface area (Å²) in [4.78, 5) is 14.0. The zero-order valence-electron chi connectivity index (χ0n) is 19.6. The Hall–Kier alpha value is -3.03. The highest BCUT2D eigenvalue weighted by Crippen LogP contribution is 2.29. The number of hydrogen-bond acceptors (Lipinski definition) is 7. The van der Waals surface area contributed by atoms with Crippen molar-refractivity contribution in [1.82, 2.24) is 20.0 Å². The van der Waals surface area contributed by atoms with Gasteiger partial charge in [-0.2, -0.15) is 0 Å². The van der Waals surface area contributed by atoms with Crippen LogP contribution in [0.4, 0.5) is 5.69 Å². The Labute approximate surface area is 191 Å². The van der Waals surface area contributed by atoms with E-state index in [1.165, 1.54) is 5.56 Å². The fourth-order valence-electron chi connectivity index (χ4n) is 4.13. The van der Waals surface area contributed by atoms with Crippen LogP contribution in [0.2, 0.25) is 0 Å². The first-order valence-electron chi connectivity index (χ1n) is 11.2. The van der Waals surface area contributed by atoms with Crippen molar-refractivity contribution in [2.45, 2.75) is 12.2 Å². The quantitative estimate of drug-likeness (QED) is 0.753. The van der Waals surface area contributed by atoms with Gasteiger partial charge in [-0.05, 0) is 17.7 Å². The molecule has 0 amide bonds. The highest BCUT2D eigenvalue weighted by Gasteiger charge is 2.33. The molecule has 2 heterocycles. The van der Waals surface area contributed by atoms with Gasteiger partial charge in [0.1, 0.15) is 5.82 Å². The lowest BCUT2D eigenvalue weighted by Gasteiger charge is -2.40. The lowest BCUT2D eigenvalue weighted by atomic mass is 9.98. The van der Waals surface area contributed by atoms with Crippen LogP contribution in [0.25, 0.3) is 0 Å². The molecule has 7 nitrogen and oxygen atoms in total. The van der Waals surface area contributed by atoms with Crippen molar-refractivity contribution in [3.05, 3.63) is 77.6 Å². The second-order valence-electron chi connectivity index (χ2n) is 9.00. The number of aliphatic imine (C=N–C) groups is 1. The van der Waals surface area contributed by atoms with Crippen LogP contribution in [0.1, 0.15) is 11.1 Å². The van der Waals surface area contributed by atoms with Gasteiger partial charge in [-0.1, -0.05) is 42.5 Å². The van der Waals surface area contributed by atoms with Crippen LogP contribution < -0.4 is 16.0 Å². The summed E-state index contributed by atoms with van der Waals surface area (Å²) in [6.45, 7) is 4.78. The maximum absolute atomic E-state index is 6.92. The van der Waals surface area contributed by atoms with E-state index >= 15 is 0 Å². The topological polar surface area (TPSA) is 63.4 Å². The molecule has 2 aromatic rings. The second-order valence-corrected chi connectivity index (χ2v) is 9.00. The molecule has 0 aromatic heterocycles. The van der Waals surface area contributed by atoms with E-state index in [2.05, 4.69) is 73.4 Å². The molecule has 0 aliphatic carbocycles. The molecule has 3 N–H and O–H groups in total. The molecule has 0 saturated carbocycles. The molecule has 1 fully saturated rings. The Bertz CT molecular complexity index is 975. The summed E-state index contributed by atoms with van der Waals surface area (Å²) >= 11 is 0. The van der Waals surface area contributed by atoms with Gasteiger partial charge in [-0.25, -0.2) is 4.99 Å². The van der Waals surface area contributed by atoms with Crippen LogP contribution >= 0.6 is 0 Å². The van der Waals surface area contributed by atoms with Crippen molar-refractivity contribution in [3.8, 4) is 0 Å². The van der Waals surface area contributed by atoms with Gasteiger partial charge >= 0.3 is 0 Å². The van der Waals surface area contributed by atoms with Crippen LogP contribution in [0.5, 0.6) is 0 Å². The number of guanidine groups is 1. The van der Waals surface area contributed by atoms with Crippen LogP contribution in [0.15, 0.2) is 71.5 Å². The highest BCUT2D eigenvalue weighted by atomic mass is 15.4. The third-order valence-electron chi connectivity index (χ3n) is 6.12. The summed E-state index contributed by atoms with van der Waals surface area (Å²) in [6.07, 6.45) is 2.01. The molecule has 1 unspecified atom stereocenters. The molecule has 2 aromatic carbocycles. The molecule has 0 bridgehead atoms. The molecule has 0 radical (unpaired) electrons. The van der Waals surface area contributed by atoms with Crippen LogP contribution in [-0.2, 0) is 12.2 Å². The number of nitrogens with two attached hydrogens (primary N) is 1. The van der Waals surface area contributed by atoms with Gasteiger partial charge in [-0.3, -0.25) is 10.6 Å². The number of benzene rings is 2.